The zero-order chi connectivity index (χ0) is 18.9. The van der Waals surface area contributed by atoms with Crippen LogP contribution in [0, 0.1) is 10.1 Å². The van der Waals surface area contributed by atoms with Gasteiger partial charge in [0.15, 0.2) is 0 Å². The summed E-state index contributed by atoms with van der Waals surface area (Å²) in [6, 6.07) is 6.45. The molecule has 1 unspecified atom stereocenters. The third-order valence-electron chi connectivity index (χ3n) is 4.73. The molecule has 1 aromatic rings. The Morgan fingerprint density at radius 1 is 1.35 bits per heavy atom. The molecule has 8 heteroatoms. The monoisotopic (exact) mass is 365 g/mol. The SMILES string of the molecule is CN(CC(=O)O)C1CCCN(CCCOc2ccc([N+](=O)[O-])cc2)CC1. The number of ether oxygens (including phenoxy) is 1. The van der Waals surface area contributed by atoms with Gasteiger partial charge in [-0.2, -0.15) is 0 Å². The summed E-state index contributed by atoms with van der Waals surface area (Å²) in [5, 5.41) is 19.5. The number of hydrogen-bond donors (Lipinski definition) is 1. The van der Waals surface area contributed by atoms with Crippen LogP contribution in [0.3, 0.4) is 0 Å². The molecule has 0 aromatic heterocycles. The van der Waals surface area contributed by atoms with Crippen LogP contribution in [0.5, 0.6) is 5.75 Å². The number of carbonyl (C=O) groups is 1. The fourth-order valence-electron chi connectivity index (χ4n) is 3.29. The van der Waals surface area contributed by atoms with Gasteiger partial charge in [0.05, 0.1) is 18.1 Å². The van der Waals surface area contributed by atoms with E-state index in [9.17, 15) is 14.9 Å². The zero-order valence-corrected chi connectivity index (χ0v) is 15.2. The van der Waals surface area contributed by atoms with E-state index in [1.54, 1.807) is 12.1 Å². The van der Waals surface area contributed by atoms with Crippen molar-refractivity contribution < 1.29 is 19.6 Å². The van der Waals surface area contributed by atoms with Crippen molar-refractivity contribution in [3.8, 4) is 5.75 Å². The molecule has 1 heterocycles. The Bertz CT molecular complexity index is 593. The molecule has 1 atom stereocenters. The van der Waals surface area contributed by atoms with Crippen LogP contribution in [0.2, 0.25) is 0 Å². The average Bonchev–Trinajstić information content (AvgIpc) is 2.84. The van der Waals surface area contributed by atoms with Crippen molar-refractivity contribution in [3.05, 3.63) is 34.4 Å². The highest BCUT2D eigenvalue weighted by atomic mass is 16.6. The number of non-ortho nitro benzene ring substituents is 1. The number of likely N-dealkylation sites (N-methyl/N-ethyl adjacent to an activating group) is 1. The summed E-state index contributed by atoms with van der Waals surface area (Å²) >= 11 is 0. The number of nitro groups is 1. The second-order valence-electron chi connectivity index (χ2n) is 6.69. The highest BCUT2D eigenvalue weighted by Crippen LogP contribution is 2.18. The molecule has 0 aliphatic carbocycles. The number of nitrogens with zero attached hydrogens (tertiary/aromatic N) is 3. The van der Waals surface area contributed by atoms with Gasteiger partial charge in [0.1, 0.15) is 5.75 Å². The smallest absolute Gasteiger partial charge is 0.317 e. The minimum Gasteiger partial charge on any atom is -0.494 e. The van der Waals surface area contributed by atoms with Gasteiger partial charge in [-0.15, -0.1) is 0 Å². The number of rotatable bonds is 9. The Kier molecular flexibility index (Phi) is 7.80. The topological polar surface area (TPSA) is 96.2 Å². The summed E-state index contributed by atoms with van der Waals surface area (Å²) in [7, 11) is 1.88. The molecule has 1 N–H and O–H groups in total. The number of aliphatic carboxylic acids is 1. The van der Waals surface area contributed by atoms with Crippen LogP contribution >= 0.6 is 0 Å². The summed E-state index contributed by atoms with van der Waals surface area (Å²) in [5.41, 5.74) is 0.0596. The second-order valence-corrected chi connectivity index (χ2v) is 6.69. The van der Waals surface area contributed by atoms with Crippen LogP contribution in [0.1, 0.15) is 25.7 Å². The van der Waals surface area contributed by atoms with Gasteiger partial charge < -0.3 is 14.7 Å². The molecule has 1 aliphatic rings. The zero-order valence-electron chi connectivity index (χ0n) is 15.2. The Morgan fingerprint density at radius 3 is 2.73 bits per heavy atom. The lowest BCUT2D eigenvalue weighted by atomic mass is 10.1. The number of benzene rings is 1. The first-order chi connectivity index (χ1) is 12.5. The average molecular weight is 365 g/mol. The second kappa shape index (κ2) is 10.1. The van der Waals surface area contributed by atoms with Crippen molar-refractivity contribution in [1.82, 2.24) is 9.80 Å². The van der Waals surface area contributed by atoms with Crippen LogP contribution in [0.15, 0.2) is 24.3 Å². The van der Waals surface area contributed by atoms with Crippen LogP contribution in [-0.2, 0) is 4.79 Å². The van der Waals surface area contributed by atoms with Gasteiger partial charge in [-0.3, -0.25) is 19.8 Å². The van der Waals surface area contributed by atoms with Crippen LogP contribution < -0.4 is 4.74 Å². The van der Waals surface area contributed by atoms with Gasteiger partial charge >= 0.3 is 5.97 Å². The summed E-state index contributed by atoms with van der Waals surface area (Å²) in [4.78, 5) is 25.4. The highest BCUT2D eigenvalue weighted by Gasteiger charge is 2.21. The Morgan fingerprint density at radius 2 is 2.08 bits per heavy atom. The van der Waals surface area contributed by atoms with Crippen LogP contribution in [0.4, 0.5) is 5.69 Å². The van der Waals surface area contributed by atoms with Crippen molar-refractivity contribution >= 4 is 11.7 Å². The number of nitro benzene ring substituents is 1. The predicted octanol–water partition coefficient (Wildman–Crippen LogP) is 2.23. The first-order valence-electron chi connectivity index (χ1n) is 8.97. The molecule has 144 valence electrons. The van der Waals surface area contributed by atoms with E-state index in [4.69, 9.17) is 9.84 Å². The minimum atomic E-state index is -0.781. The summed E-state index contributed by atoms with van der Waals surface area (Å²) < 4.78 is 5.64. The van der Waals surface area contributed by atoms with E-state index in [1.165, 1.54) is 12.1 Å². The molecule has 1 aliphatic heterocycles. The maximum absolute atomic E-state index is 10.8. The van der Waals surface area contributed by atoms with Crippen LogP contribution in [0.25, 0.3) is 0 Å². The van der Waals surface area contributed by atoms with Crippen molar-refractivity contribution in [1.29, 1.82) is 0 Å². The molecular formula is C18H27N3O5. The first-order valence-corrected chi connectivity index (χ1v) is 8.97. The number of hydrogen-bond acceptors (Lipinski definition) is 6. The molecule has 1 aromatic carbocycles. The molecular weight excluding hydrogens is 338 g/mol. The van der Waals surface area contributed by atoms with E-state index < -0.39 is 10.9 Å². The molecule has 0 saturated carbocycles. The molecule has 2 rings (SSSR count). The molecule has 26 heavy (non-hydrogen) atoms. The molecule has 1 saturated heterocycles. The normalized spacial score (nSPS) is 18.5. The molecule has 1 fully saturated rings. The van der Waals surface area contributed by atoms with E-state index in [-0.39, 0.29) is 12.2 Å². The Hall–Kier alpha value is -2.19. The van der Waals surface area contributed by atoms with Gasteiger partial charge in [0.25, 0.3) is 5.69 Å². The van der Waals surface area contributed by atoms with E-state index in [0.29, 0.717) is 18.4 Å². The minimum absolute atomic E-state index is 0.0596. The predicted molar refractivity (Wildman–Crippen MR) is 97.6 cm³/mol. The van der Waals surface area contributed by atoms with Gasteiger partial charge in [0, 0.05) is 24.7 Å². The largest absolute Gasteiger partial charge is 0.494 e. The first kappa shape index (κ1) is 20.1. The number of carboxylic acids is 1. The Labute approximate surface area is 153 Å². The molecule has 8 nitrogen and oxygen atoms in total. The fraction of sp³-hybridized carbons (Fsp3) is 0.611. The quantitative estimate of drug-likeness (QED) is 0.407. The van der Waals surface area contributed by atoms with E-state index in [1.807, 2.05) is 11.9 Å². The molecule has 0 amide bonds. The van der Waals surface area contributed by atoms with Crippen molar-refractivity contribution in [2.75, 3.05) is 39.8 Å². The van der Waals surface area contributed by atoms with E-state index in [2.05, 4.69) is 4.90 Å². The van der Waals surface area contributed by atoms with Gasteiger partial charge in [-0.05, 0) is 58.0 Å². The van der Waals surface area contributed by atoms with E-state index >= 15 is 0 Å². The third-order valence-corrected chi connectivity index (χ3v) is 4.73. The number of carboxylic acid groups (broad SMARTS) is 1. The molecule has 0 bridgehead atoms. The molecule has 0 radical (unpaired) electrons. The Balaban J connectivity index is 1.66. The lowest BCUT2D eigenvalue weighted by Crippen LogP contribution is -2.36. The van der Waals surface area contributed by atoms with Gasteiger partial charge in [0.2, 0.25) is 0 Å². The van der Waals surface area contributed by atoms with E-state index in [0.717, 1.165) is 45.3 Å². The third kappa shape index (κ3) is 6.61. The van der Waals surface area contributed by atoms with Gasteiger partial charge in [-0.25, -0.2) is 0 Å². The maximum atomic E-state index is 10.8. The summed E-state index contributed by atoms with van der Waals surface area (Å²) in [6.07, 6.45) is 3.96. The van der Waals surface area contributed by atoms with Crippen molar-refractivity contribution in [2.24, 2.45) is 0 Å². The fourth-order valence-corrected chi connectivity index (χ4v) is 3.29. The maximum Gasteiger partial charge on any atom is 0.317 e. The lowest BCUT2D eigenvalue weighted by molar-refractivity contribution is -0.384. The van der Waals surface area contributed by atoms with Gasteiger partial charge in [-0.1, -0.05) is 0 Å². The standard InChI is InChI=1S/C18H27N3O5/c1-19(14-18(22)23)15-4-2-10-20(12-9-15)11-3-13-26-17-7-5-16(6-8-17)21(24)25/h5-8,15H,2-4,9-14H2,1H3,(H,22,23). The lowest BCUT2D eigenvalue weighted by Gasteiger charge is -2.25. The molecule has 0 spiro atoms. The summed E-state index contributed by atoms with van der Waals surface area (Å²) in [5.74, 6) is -0.140. The van der Waals surface area contributed by atoms with Crippen molar-refractivity contribution in [2.45, 2.75) is 31.7 Å². The van der Waals surface area contributed by atoms with Crippen LogP contribution in [-0.4, -0.2) is 71.7 Å². The number of likely N-dealkylation sites (tertiary alicyclic amines) is 1. The van der Waals surface area contributed by atoms with Crippen molar-refractivity contribution in [3.63, 3.8) is 0 Å². The highest BCUT2D eigenvalue weighted by molar-refractivity contribution is 5.69. The summed E-state index contributed by atoms with van der Waals surface area (Å²) in [6.45, 7) is 3.58.